The number of rotatable bonds is 6. The third-order valence-corrected chi connectivity index (χ3v) is 2.01. The van der Waals surface area contributed by atoms with Crippen molar-refractivity contribution in [3.63, 3.8) is 0 Å². The molecule has 3 nitrogen and oxygen atoms in total. The van der Waals surface area contributed by atoms with E-state index in [-0.39, 0.29) is 11.6 Å². The molecule has 0 unspecified atom stereocenters. The molecule has 0 atom stereocenters. The highest BCUT2D eigenvalue weighted by Gasteiger charge is 2.14. The fourth-order valence-electron chi connectivity index (χ4n) is 0.903. The van der Waals surface area contributed by atoms with Crippen molar-refractivity contribution in [3.05, 3.63) is 12.2 Å². The molecular formula is C11H20O3. The van der Waals surface area contributed by atoms with Crippen molar-refractivity contribution < 1.29 is 14.3 Å². The average molecular weight is 200 g/mol. The van der Waals surface area contributed by atoms with Crippen LogP contribution < -0.4 is 0 Å². The maximum Gasteiger partial charge on any atom is 0.330 e. The predicted molar refractivity (Wildman–Crippen MR) is 56.1 cm³/mol. The normalized spacial score (nSPS) is 12.0. The van der Waals surface area contributed by atoms with Gasteiger partial charge in [-0.25, -0.2) is 4.79 Å². The van der Waals surface area contributed by atoms with Gasteiger partial charge < -0.3 is 9.47 Å². The summed E-state index contributed by atoms with van der Waals surface area (Å²) in [6, 6.07) is 0. The molecule has 14 heavy (non-hydrogen) atoms. The molecule has 0 aliphatic carbocycles. The van der Waals surface area contributed by atoms with E-state index in [0.29, 0.717) is 6.61 Å². The molecule has 0 bridgehead atoms. The van der Waals surface area contributed by atoms with Gasteiger partial charge >= 0.3 is 5.97 Å². The first-order valence-corrected chi connectivity index (χ1v) is 4.90. The summed E-state index contributed by atoms with van der Waals surface area (Å²) in [6.07, 6.45) is 4.99. The summed E-state index contributed by atoms with van der Waals surface area (Å²) in [5.41, 5.74) is -0.126. The van der Waals surface area contributed by atoms with Gasteiger partial charge in [-0.3, -0.25) is 0 Å². The number of carbonyl (C=O) groups is 1. The monoisotopic (exact) mass is 200 g/mol. The zero-order valence-corrected chi connectivity index (χ0v) is 9.50. The van der Waals surface area contributed by atoms with E-state index in [1.807, 2.05) is 19.9 Å². The Bertz CT molecular complexity index is 195. The number of ether oxygens (including phenoxy) is 2. The van der Waals surface area contributed by atoms with Gasteiger partial charge in [-0.05, 0) is 33.6 Å². The van der Waals surface area contributed by atoms with Gasteiger partial charge in [0.1, 0.15) is 0 Å². The summed E-state index contributed by atoms with van der Waals surface area (Å²) in [7, 11) is 1.69. The second kappa shape index (κ2) is 6.60. The fraction of sp³-hybridized carbons (Fsp3) is 0.727. The lowest BCUT2D eigenvalue weighted by atomic mass is 10.0. The molecule has 0 spiro atoms. The molecule has 0 aromatic carbocycles. The minimum absolute atomic E-state index is 0.126. The molecule has 0 amide bonds. The summed E-state index contributed by atoms with van der Waals surface area (Å²) >= 11 is 0. The van der Waals surface area contributed by atoms with Crippen LogP contribution in [0.1, 0.15) is 33.6 Å². The minimum atomic E-state index is -0.275. The first-order chi connectivity index (χ1) is 6.52. The van der Waals surface area contributed by atoms with Gasteiger partial charge in [0, 0.05) is 13.2 Å². The first kappa shape index (κ1) is 13.2. The molecule has 0 N–H and O–H groups in total. The van der Waals surface area contributed by atoms with Crippen LogP contribution in [0.25, 0.3) is 0 Å². The molecule has 0 aromatic rings. The highest BCUT2D eigenvalue weighted by Crippen LogP contribution is 2.15. The van der Waals surface area contributed by atoms with E-state index in [4.69, 9.17) is 9.47 Å². The van der Waals surface area contributed by atoms with Crippen LogP contribution in [0.15, 0.2) is 12.2 Å². The number of methoxy groups -OCH3 is 1. The molecule has 0 aliphatic rings. The van der Waals surface area contributed by atoms with Crippen LogP contribution in [0.2, 0.25) is 0 Å². The molecule has 0 saturated carbocycles. The topological polar surface area (TPSA) is 35.5 Å². The molecule has 3 heteroatoms. The Labute approximate surface area is 86.1 Å². The lowest BCUT2D eigenvalue weighted by Gasteiger charge is -2.21. The van der Waals surface area contributed by atoms with Crippen LogP contribution in [0.4, 0.5) is 0 Å². The van der Waals surface area contributed by atoms with Crippen LogP contribution in [-0.4, -0.2) is 25.3 Å². The molecule has 0 radical (unpaired) electrons. The Morgan fingerprint density at radius 1 is 1.43 bits per heavy atom. The van der Waals surface area contributed by atoms with Gasteiger partial charge in [-0.15, -0.1) is 0 Å². The first-order valence-electron chi connectivity index (χ1n) is 4.90. The predicted octanol–water partition coefficient (Wildman–Crippen LogP) is 2.31. The summed E-state index contributed by atoms with van der Waals surface area (Å²) in [6.45, 7) is 6.25. The van der Waals surface area contributed by atoms with E-state index in [1.165, 1.54) is 6.08 Å². The zero-order valence-electron chi connectivity index (χ0n) is 9.50. The molecule has 0 aromatic heterocycles. The molecule has 0 fully saturated rings. The van der Waals surface area contributed by atoms with Crippen molar-refractivity contribution in [2.45, 2.75) is 39.2 Å². The summed E-state index contributed by atoms with van der Waals surface area (Å²) in [4.78, 5) is 10.9. The highest BCUT2D eigenvalue weighted by molar-refractivity contribution is 5.81. The van der Waals surface area contributed by atoms with Crippen molar-refractivity contribution in [1.82, 2.24) is 0 Å². The quantitative estimate of drug-likeness (QED) is 0.487. The van der Waals surface area contributed by atoms with Crippen LogP contribution in [0.5, 0.6) is 0 Å². The lowest BCUT2D eigenvalue weighted by Crippen LogP contribution is -2.21. The summed E-state index contributed by atoms with van der Waals surface area (Å²) < 4.78 is 9.99. The summed E-state index contributed by atoms with van der Waals surface area (Å²) in [5.74, 6) is -0.275. The Morgan fingerprint density at radius 3 is 2.57 bits per heavy atom. The van der Waals surface area contributed by atoms with Crippen molar-refractivity contribution in [2.24, 2.45) is 0 Å². The van der Waals surface area contributed by atoms with E-state index >= 15 is 0 Å². The smallest absolute Gasteiger partial charge is 0.330 e. The maximum atomic E-state index is 10.9. The van der Waals surface area contributed by atoms with Gasteiger partial charge in [-0.2, -0.15) is 0 Å². The molecular weight excluding hydrogens is 180 g/mol. The molecule has 0 heterocycles. The van der Waals surface area contributed by atoms with Crippen molar-refractivity contribution in [2.75, 3.05) is 13.7 Å². The fourth-order valence-corrected chi connectivity index (χ4v) is 0.903. The van der Waals surface area contributed by atoms with Crippen LogP contribution >= 0.6 is 0 Å². The van der Waals surface area contributed by atoms with Gasteiger partial charge in [0.2, 0.25) is 0 Å². The van der Waals surface area contributed by atoms with Crippen LogP contribution in [0.3, 0.4) is 0 Å². The van der Waals surface area contributed by atoms with E-state index in [2.05, 4.69) is 0 Å². The second-order valence-corrected chi connectivity index (χ2v) is 3.66. The largest absolute Gasteiger partial charge is 0.463 e. The number of allylic oxidation sites excluding steroid dienone is 1. The Hall–Kier alpha value is -0.830. The SMILES string of the molecule is CCOC(=O)C=CCCC(C)(C)OC. The van der Waals surface area contributed by atoms with Gasteiger partial charge in [0.05, 0.1) is 12.2 Å². The summed E-state index contributed by atoms with van der Waals surface area (Å²) in [5, 5.41) is 0. The van der Waals surface area contributed by atoms with Crippen molar-refractivity contribution in [1.29, 1.82) is 0 Å². The second-order valence-electron chi connectivity index (χ2n) is 3.66. The molecule has 0 rings (SSSR count). The van der Waals surface area contributed by atoms with Gasteiger partial charge in [0.25, 0.3) is 0 Å². The average Bonchev–Trinajstić information content (AvgIpc) is 2.13. The van der Waals surface area contributed by atoms with Crippen LogP contribution in [-0.2, 0) is 14.3 Å². The standard InChI is InChI=1S/C11H20O3/c1-5-14-10(12)8-6-7-9-11(2,3)13-4/h6,8H,5,7,9H2,1-4H3. The van der Waals surface area contributed by atoms with E-state index in [0.717, 1.165) is 12.8 Å². The third kappa shape index (κ3) is 6.66. The van der Waals surface area contributed by atoms with Crippen molar-refractivity contribution in [3.8, 4) is 0 Å². The van der Waals surface area contributed by atoms with E-state index in [9.17, 15) is 4.79 Å². The Morgan fingerprint density at radius 2 is 2.07 bits per heavy atom. The number of hydrogen-bond donors (Lipinski definition) is 0. The van der Waals surface area contributed by atoms with E-state index in [1.54, 1.807) is 14.0 Å². The van der Waals surface area contributed by atoms with Gasteiger partial charge in [-0.1, -0.05) is 6.08 Å². The van der Waals surface area contributed by atoms with Gasteiger partial charge in [0.15, 0.2) is 0 Å². The number of esters is 1. The third-order valence-electron chi connectivity index (χ3n) is 2.01. The highest BCUT2D eigenvalue weighted by atomic mass is 16.5. The Kier molecular flexibility index (Phi) is 6.21. The van der Waals surface area contributed by atoms with Crippen molar-refractivity contribution >= 4 is 5.97 Å². The Balaban J connectivity index is 3.68. The van der Waals surface area contributed by atoms with Crippen LogP contribution in [0, 0.1) is 0 Å². The number of carbonyl (C=O) groups excluding carboxylic acids is 1. The lowest BCUT2D eigenvalue weighted by molar-refractivity contribution is -0.137. The minimum Gasteiger partial charge on any atom is -0.463 e. The molecule has 0 saturated heterocycles. The molecule has 0 aliphatic heterocycles. The number of hydrogen-bond acceptors (Lipinski definition) is 3. The van der Waals surface area contributed by atoms with E-state index < -0.39 is 0 Å². The maximum absolute atomic E-state index is 10.9. The zero-order chi connectivity index (χ0) is 11.0. The molecule has 82 valence electrons.